The number of hydrogen-bond donors (Lipinski definition) is 2. The zero-order valence-electron chi connectivity index (χ0n) is 27.8. The highest BCUT2D eigenvalue weighted by Crippen LogP contribution is 2.31. The lowest BCUT2D eigenvalue weighted by atomic mass is 9.79. The van der Waals surface area contributed by atoms with Gasteiger partial charge in [0.05, 0.1) is 18.3 Å². The van der Waals surface area contributed by atoms with Gasteiger partial charge in [-0.05, 0) is 61.1 Å². The van der Waals surface area contributed by atoms with Crippen LogP contribution in [0.2, 0.25) is 0 Å². The van der Waals surface area contributed by atoms with Crippen LogP contribution in [0.15, 0.2) is 54.9 Å². The van der Waals surface area contributed by atoms with Gasteiger partial charge in [0.25, 0.3) is 0 Å². The summed E-state index contributed by atoms with van der Waals surface area (Å²) in [4.78, 5) is 51.5. The van der Waals surface area contributed by atoms with E-state index in [1.807, 2.05) is 36.4 Å². The Kier molecular flexibility index (Phi) is 15.0. The van der Waals surface area contributed by atoms with Crippen LogP contribution in [0.3, 0.4) is 0 Å². The van der Waals surface area contributed by atoms with Crippen molar-refractivity contribution in [3.8, 4) is 0 Å². The standard InChI is InChI=1S/C37H54N4O5/c1-28(2)25-33(32(19-11-17-29-13-5-3-6-14-29)37(44)40-46-35-20-9-10-24-45-35)36(43)39-41(23-21-30-15-7-4-8-16-30)34(42)26-31-18-12-22-38-27-31/h4,7-8,12,15-16,18,22,27-29,32-33,35H,3,5-6,9-11,13-14,17,19-21,23-26H2,1-2H3,(H,39,43)(H,40,44)/t32-,33+,35?/m0/s1. The van der Waals surface area contributed by atoms with E-state index in [1.54, 1.807) is 18.5 Å². The van der Waals surface area contributed by atoms with Gasteiger partial charge in [0.1, 0.15) is 0 Å². The number of benzene rings is 1. The number of hydroxylamine groups is 1. The van der Waals surface area contributed by atoms with E-state index >= 15 is 0 Å². The number of hydrazine groups is 1. The average molecular weight is 635 g/mol. The van der Waals surface area contributed by atoms with E-state index in [0.717, 1.165) is 43.2 Å². The second-order valence-corrected chi connectivity index (χ2v) is 13.5. The molecular weight excluding hydrogens is 580 g/mol. The maximum Gasteiger partial charge on any atom is 0.247 e. The van der Waals surface area contributed by atoms with Crippen LogP contribution in [0.4, 0.5) is 0 Å². The normalized spacial score (nSPS) is 18.5. The molecule has 2 fully saturated rings. The summed E-state index contributed by atoms with van der Waals surface area (Å²) in [5.74, 6) is -1.22. The number of aromatic nitrogens is 1. The molecule has 0 bridgehead atoms. The van der Waals surface area contributed by atoms with Crippen LogP contribution in [0.25, 0.3) is 0 Å². The van der Waals surface area contributed by atoms with E-state index in [9.17, 15) is 14.4 Å². The van der Waals surface area contributed by atoms with Gasteiger partial charge in [-0.3, -0.25) is 29.8 Å². The number of carbonyl (C=O) groups excluding carboxylic acids is 3. The number of ether oxygens (including phenoxy) is 1. The summed E-state index contributed by atoms with van der Waals surface area (Å²) in [5, 5.41) is 1.43. The predicted octanol–water partition coefficient (Wildman–Crippen LogP) is 6.33. The zero-order chi connectivity index (χ0) is 32.6. The lowest BCUT2D eigenvalue weighted by Gasteiger charge is -2.31. The maximum absolute atomic E-state index is 14.2. The highest BCUT2D eigenvalue weighted by atomic mass is 16.8. The number of nitrogens with zero attached hydrogens (tertiary/aromatic N) is 2. The first-order chi connectivity index (χ1) is 22.4. The molecule has 1 aromatic carbocycles. The molecule has 2 N–H and O–H groups in total. The highest BCUT2D eigenvalue weighted by Gasteiger charge is 2.36. The van der Waals surface area contributed by atoms with Gasteiger partial charge in [-0.2, -0.15) is 0 Å². The summed E-state index contributed by atoms with van der Waals surface area (Å²) in [6.07, 6.45) is 15.6. The van der Waals surface area contributed by atoms with Crippen molar-refractivity contribution in [3.63, 3.8) is 0 Å². The molecule has 1 aliphatic carbocycles. The van der Waals surface area contributed by atoms with Gasteiger partial charge in [-0.1, -0.05) is 95.2 Å². The molecule has 1 aliphatic heterocycles. The van der Waals surface area contributed by atoms with Gasteiger partial charge in [0.2, 0.25) is 17.7 Å². The zero-order valence-corrected chi connectivity index (χ0v) is 27.8. The van der Waals surface area contributed by atoms with Crippen molar-refractivity contribution in [1.82, 2.24) is 20.9 Å². The van der Waals surface area contributed by atoms with Crippen molar-refractivity contribution in [2.24, 2.45) is 23.7 Å². The summed E-state index contributed by atoms with van der Waals surface area (Å²) in [6, 6.07) is 13.6. The molecule has 2 aromatic rings. The van der Waals surface area contributed by atoms with E-state index in [0.29, 0.717) is 38.3 Å². The molecule has 2 aliphatic rings. The molecule has 2 heterocycles. The minimum atomic E-state index is -0.632. The Labute approximate surface area is 275 Å². The second-order valence-electron chi connectivity index (χ2n) is 13.5. The summed E-state index contributed by atoms with van der Waals surface area (Å²) in [6.45, 7) is 5.04. The van der Waals surface area contributed by atoms with E-state index in [4.69, 9.17) is 9.57 Å². The van der Waals surface area contributed by atoms with Crippen LogP contribution in [0.1, 0.15) is 102 Å². The highest BCUT2D eigenvalue weighted by molar-refractivity contribution is 5.89. The number of hydrogen-bond acceptors (Lipinski definition) is 6. The topological polar surface area (TPSA) is 110 Å². The third-order valence-electron chi connectivity index (χ3n) is 9.26. The number of carbonyl (C=O) groups is 3. The Balaban J connectivity index is 1.50. The van der Waals surface area contributed by atoms with Crippen LogP contribution < -0.4 is 10.9 Å². The Morgan fingerprint density at radius 2 is 1.70 bits per heavy atom. The van der Waals surface area contributed by atoms with Crippen molar-refractivity contribution < 1.29 is 24.0 Å². The van der Waals surface area contributed by atoms with Gasteiger partial charge in [0, 0.05) is 32.0 Å². The van der Waals surface area contributed by atoms with Crippen LogP contribution in [0, 0.1) is 23.7 Å². The third-order valence-corrected chi connectivity index (χ3v) is 9.26. The summed E-state index contributed by atoms with van der Waals surface area (Å²) in [7, 11) is 0. The monoisotopic (exact) mass is 634 g/mol. The summed E-state index contributed by atoms with van der Waals surface area (Å²) < 4.78 is 5.67. The lowest BCUT2D eigenvalue weighted by molar-refractivity contribution is -0.203. The van der Waals surface area contributed by atoms with Gasteiger partial charge in [-0.25, -0.2) is 10.3 Å². The quantitative estimate of drug-likeness (QED) is 0.209. The van der Waals surface area contributed by atoms with Gasteiger partial charge >= 0.3 is 0 Å². The number of rotatable bonds is 16. The molecule has 46 heavy (non-hydrogen) atoms. The molecule has 3 atom stereocenters. The Morgan fingerprint density at radius 3 is 2.39 bits per heavy atom. The Morgan fingerprint density at radius 1 is 0.935 bits per heavy atom. The van der Waals surface area contributed by atoms with Gasteiger partial charge in [0.15, 0.2) is 6.29 Å². The van der Waals surface area contributed by atoms with Crippen LogP contribution in [-0.4, -0.2) is 47.2 Å². The third kappa shape index (κ3) is 12.1. The molecule has 1 unspecified atom stereocenters. The number of nitrogens with one attached hydrogen (secondary N) is 2. The smallest absolute Gasteiger partial charge is 0.247 e. The van der Waals surface area contributed by atoms with Crippen LogP contribution >= 0.6 is 0 Å². The lowest BCUT2D eigenvalue weighted by Crippen LogP contribution is -2.52. The largest absolute Gasteiger partial charge is 0.350 e. The van der Waals surface area contributed by atoms with E-state index < -0.39 is 18.1 Å². The predicted molar refractivity (Wildman–Crippen MR) is 178 cm³/mol. The van der Waals surface area contributed by atoms with Crippen molar-refractivity contribution in [2.45, 2.75) is 110 Å². The second kappa shape index (κ2) is 19.4. The van der Waals surface area contributed by atoms with Crippen molar-refractivity contribution in [2.75, 3.05) is 13.2 Å². The molecule has 9 heteroatoms. The molecule has 1 aromatic heterocycles. The Bertz CT molecular complexity index is 1180. The van der Waals surface area contributed by atoms with Crippen LogP contribution in [-0.2, 0) is 36.8 Å². The minimum Gasteiger partial charge on any atom is -0.350 e. The average Bonchev–Trinajstić information content (AvgIpc) is 3.08. The molecule has 0 radical (unpaired) electrons. The van der Waals surface area contributed by atoms with E-state index in [2.05, 4.69) is 29.7 Å². The van der Waals surface area contributed by atoms with E-state index in [1.165, 1.54) is 37.1 Å². The molecule has 9 nitrogen and oxygen atoms in total. The maximum atomic E-state index is 14.2. The molecule has 1 saturated heterocycles. The molecule has 1 saturated carbocycles. The van der Waals surface area contributed by atoms with Gasteiger partial charge in [-0.15, -0.1) is 0 Å². The summed E-state index contributed by atoms with van der Waals surface area (Å²) in [5.41, 5.74) is 7.48. The molecule has 3 amide bonds. The molecule has 4 rings (SSSR count). The number of amides is 3. The summed E-state index contributed by atoms with van der Waals surface area (Å²) >= 11 is 0. The fraction of sp³-hybridized carbons (Fsp3) is 0.622. The Hall–Kier alpha value is -3.30. The first-order valence-electron chi connectivity index (χ1n) is 17.5. The fourth-order valence-electron chi connectivity index (χ4n) is 6.70. The van der Waals surface area contributed by atoms with E-state index in [-0.39, 0.29) is 30.1 Å². The fourth-order valence-corrected chi connectivity index (χ4v) is 6.70. The SMILES string of the molecule is CC(C)C[C@@H](C(=O)NN(CCc1ccccc1)C(=O)Cc1cccnc1)[C@H](CCCC1CCCCC1)C(=O)NOC1CCCCO1. The molecular formula is C37H54N4O5. The molecule has 0 spiro atoms. The minimum absolute atomic E-state index is 0.109. The van der Waals surface area contributed by atoms with Crippen molar-refractivity contribution in [3.05, 3.63) is 66.0 Å². The van der Waals surface area contributed by atoms with Gasteiger partial charge < -0.3 is 4.74 Å². The van der Waals surface area contributed by atoms with Crippen LogP contribution in [0.5, 0.6) is 0 Å². The first-order valence-corrected chi connectivity index (χ1v) is 17.5. The van der Waals surface area contributed by atoms with Crippen molar-refractivity contribution in [1.29, 1.82) is 0 Å². The van der Waals surface area contributed by atoms with Crippen molar-refractivity contribution >= 4 is 17.7 Å². The molecule has 252 valence electrons. The first kappa shape index (κ1) is 35.6. The number of pyridine rings is 1.